The molecular formula is C23H19N3O4. The molecule has 3 N–H and O–H groups in total. The number of nitrogens with one attached hydrogen (secondary N) is 3. The largest absolute Gasteiger partial charge is 0.474 e. The lowest BCUT2D eigenvalue weighted by Gasteiger charge is -2.26. The predicted molar refractivity (Wildman–Crippen MR) is 114 cm³/mol. The van der Waals surface area contributed by atoms with Gasteiger partial charge >= 0.3 is 0 Å². The molecule has 1 heterocycles. The summed E-state index contributed by atoms with van der Waals surface area (Å²) in [6.07, 6.45) is -0.726. The van der Waals surface area contributed by atoms with Gasteiger partial charge in [0.2, 0.25) is 12.0 Å². The maximum Gasteiger partial charge on any atom is 0.270 e. The molecule has 1 atom stereocenters. The SMILES string of the molecule is CC(=O)Nc1cccc(C(=O)Nc2ccc3c(c2)NC(=O)C(c2ccccc2)O3)c1. The van der Waals surface area contributed by atoms with E-state index in [2.05, 4.69) is 16.0 Å². The number of fused-ring (bicyclic) bond motifs is 1. The van der Waals surface area contributed by atoms with Crippen LogP contribution in [0, 0.1) is 0 Å². The van der Waals surface area contributed by atoms with Crippen molar-refractivity contribution in [2.75, 3.05) is 16.0 Å². The van der Waals surface area contributed by atoms with Crippen molar-refractivity contribution in [2.45, 2.75) is 13.0 Å². The quantitative estimate of drug-likeness (QED) is 0.616. The van der Waals surface area contributed by atoms with Crippen molar-refractivity contribution in [1.82, 2.24) is 0 Å². The van der Waals surface area contributed by atoms with Crippen molar-refractivity contribution in [2.24, 2.45) is 0 Å². The zero-order valence-corrected chi connectivity index (χ0v) is 16.1. The standard InChI is InChI=1S/C23H19N3O4/c1-14(27)24-17-9-5-8-16(12-17)22(28)25-18-10-11-20-19(13-18)26-23(29)21(30-20)15-6-3-2-4-7-15/h2-13,21H,1H3,(H,24,27)(H,25,28)(H,26,29). The number of amides is 3. The molecule has 30 heavy (non-hydrogen) atoms. The highest BCUT2D eigenvalue weighted by atomic mass is 16.5. The molecular weight excluding hydrogens is 382 g/mol. The van der Waals surface area contributed by atoms with E-state index < -0.39 is 6.10 Å². The van der Waals surface area contributed by atoms with Gasteiger partial charge in [0.05, 0.1) is 5.69 Å². The van der Waals surface area contributed by atoms with Gasteiger partial charge in [0, 0.05) is 29.4 Å². The topological polar surface area (TPSA) is 96.5 Å². The second-order valence-electron chi connectivity index (χ2n) is 6.82. The van der Waals surface area contributed by atoms with Crippen LogP contribution >= 0.6 is 0 Å². The fourth-order valence-electron chi connectivity index (χ4n) is 3.18. The normalized spacial score (nSPS) is 14.7. The Morgan fingerprint density at radius 1 is 0.900 bits per heavy atom. The summed E-state index contributed by atoms with van der Waals surface area (Å²) >= 11 is 0. The highest BCUT2D eigenvalue weighted by molar-refractivity contribution is 6.06. The number of anilines is 3. The smallest absolute Gasteiger partial charge is 0.270 e. The van der Waals surface area contributed by atoms with E-state index in [1.165, 1.54) is 6.92 Å². The lowest BCUT2D eigenvalue weighted by atomic mass is 10.1. The molecule has 4 rings (SSSR count). The van der Waals surface area contributed by atoms with Crippen LogP contribution in [0.5, 0.6) is 5.75 Å². The Kier molecular flexibility index (Phi) is 5.17. The van der Waals surface area contributed by atoms with Gasteiger partial charge in [0.15, 0.2) is 0 Å². The summed E-state index contributed by atoms with van der Waals surface area (Å²) in [6, 6.07) is 20.9. The molecule has 7 heteroatoms. The molecule has 0 saturated carbocycles. The third-order valence-electron chi connectivity index (χ3n) is 4.53. The highest BCUT2D eigenvalue weighted by Gasteiger charge is 2.29. The second kappa shape index (κ2) is 8.08. The van der Waals surface area contributed by atoms with Crippen molar-refractivity contribution in [3.05, 3.63) is 83.9 Å². The van der Waals surface area contributed by atoms with Crippen molar-refractivity contribution < 1.29 is 19.1 Å². The number of benzene rings is 3. The molecule has 0 saturated heterocycles. The van der Waals surface area contributed by atoms with E-state index in [4.69, 9.17) is 4.74 Å². The lowest BCUT2D eigenvalue weighted by molar-refractivity contribution is -0.123. The summed E-state index contributed by atoms with van der Waals surface area (Å²) in [7, 11) is 0. The molecule has 0 aliphatic carbocycles. The first-order chi connectivity index (χ1) is 14.5. The summed E-state index contributed by atoms with van der Waals surface area (Å²) in [5.41, 5.74) is 2.68. The average molecular weight is 401 g/mol. The van der Waals surface area contributed by atoms with E-state index in [-0.39, 0.29) is 17.7 Å². The van der Waals surface area contributed by atoms with Crippen LogP contribution in [0.2, 0.25) is 0 Å². The third kappa shape index (κ3) is 4.15. The van der Waals surface area contributed by atoms with Gasteiger partial charge in [-0.15, -0.1) is 0 Å². The monoisotopic (exact) mass is 401 g/mol. The number of hydrogen-bond donors (Lipinski definition) is 3. The van der Waals surface area contributed by atoms with E-state index >= 15 is 0 Å². The number of carbonyl (C=O) groups is 3. The highest BCUT2D eigenvalue weighted by Crippen LogP contribution is 2.36. The average Bonchev–Trinajstić information content (AvgIpc) is 2.73. The minimum atomic E-state index is -0.726. The lowest BCUT2D eigenvalue weighted by Crippen LogP contribution is -2.30. The first kappa shape index (κ1) is 19.2. The van der Waals surface area contributed by atoms with Crippen LogP contribution in [0.15, 0.2) is 72.8 Å². The van der Waals surface area contributed by atoms with Crippen molar-refractivity contribution in [3.8, 4) is 5.75 Å². The first-order valence-corrected chi connectivity index (χ1v) is 9.35. The molecule has 0 aromatic heterocycles. The van der Waals surface area contributed by atoms with E-state index in [0.717, 1.165) is 5.56 Å². The molecule has 1 unspecified atom stereocenters. The van der Waals surface area contributed by atoms with Gasteiger partial charge in [-0.25, -0.2) is 0 Å². The zero-order chi connectivity index (χ0) is 21.1. The van der Waals surface area contributed by atoms with Gasteiger partial charge in [-0.2, -0.15) is 0 Å². The number of ether oxygens (including phenoxy) is 1. The molecule has 0 spiro atoms. The van der Waals surface area contributed by atoms with Crippen LogP contribution in [0.4, 0.5) is 17.1 Å². The van der Waals surface area contributed by atoms with Crippen molar-refractivity contribution in [1.29, 1.82) is 0 Å². The second-order valence-corrected chi connectivity index (χ2v) is 6.82. The Bertz CT molecular complexity index is 1130. The fraction of sp³-hybridized carbons (Fsp3) is 0.0870. The van der Waals surface area contributed by atoms with Gasteiger partial charge in [-0.05, 0) is 36.4 Å². The first-order valence-electron chi connectivity index (χ1n) is 9.35. The maximum absolute atomic E-state index is 12.6. The van der Waals surface area contributed by atoms with Crippen LogP contribution in [0.25, 0.3) is 0 Å². The molecule has 0 bridgehead atoms. The minimum Gasteiger partial charge on any atom is -0.474 e. The van der Waals surface area contributed by atoms with Gasteiger partial charge in [0.1, 0.15) is 5.75 Å². The molecule has 1 aliphatic rings. The Morgan fingerprint density at radius 2 is 1.67 bits per heavy atom. The summed E-state index contributed by atoms with van der Waals surface area (Å²) < 4.78 is 5.86. The summed E-state index contributed by atoms with van der Waals surface area (Å²) in [6.45, 7) is 1.40. The molecule has 0 fully saturated rings. The van der Waals surface area contributed by atoms with Crippen LogP contribution in [-0.2, 0) is 9.59 Å². The fourth-order valence-corrected chi connectivity index (χ4v) is 3.18. The predicted octanol–water partition coefficient (Wildman–Crippen LogP) is 3.97. The van der Waals surface area contributed by atoms with Gasteiger partial charge < -0.3 is 20.7 Å². The Balaban J connectivity index is 1.50. The number of rotatable bonds is 4. The van der Waals surface area contributed by atoms with Crippen molar-refractivity contribution in [3.63, 3.8) is 0 Å². The molecule has 7 nitrogen and oxygen atoms in total. The van der Waals surface area contributed by atoms with Crippen LogP contribution in [0.1, 0.15) is 28.9 Å². The molecule has 150 valence electrons. The zero-order valence-electron chi connectivity index (χ0n) is 16.1. The van der Waals surface area contributed by atoms with Crippen LogP contribution in [0.3, 0.4) is 0 Å². The van der Waals surface area contributed by atoms with Gasteiger partial charge in [-0.1, -0.05) is 36.4 Å². The van der Waals surface area contributed by atoms with Gasteiger partial charge in [-0.3, -0.25) is 14.4 Å². The van der Waals surface area contributed by atoms with E-state index in [9.17, 15) is 14.4 Å². The Hall–Kier alpha value is -4.13. The summed E-state index contributed by atoms with van der Waals surface area (Å²) in [4.78, 5) is 36.3. The Morgan fingerprint density at radius 3 is 2.43 bits per heavy atom. The van der Waals surface area contributed by atoms with Gasteiger partial charge in [0.25, 0.3) is 11.8 Å². The van der Waals surface area contributed by atoms with E-state index in [0.29, 0.717) is 28.4 Å². The summed E-state index contributed by atoms with van der Waals surface area (Å²) in [5.74, 6) is -0.312. The number of carbonyl (C=O) groups excluding carboxylic acids is 3. The third-order valence-corrected chi connectivity index (χ3v) is 4.53. The van der Waals surface area contributed by atoms with E-state index in [1.807, 2.05) is 30.3 Å². The summed E-state index contributed by atoms with van der Waals surface area (Å²) in [5, 5.41) is 8.26. The minimum absolute atomic E-state index is 0.216. The molecule has 3 aromatic carbocycles. The van der Waals surface area contributed by atoms with Crippen molar-refractivity contribution >= 4 is 34.8 Å². The molecule has 1 aliphatic heterocycles. The maximum atomic E-state index is 12.6. The molecule has 0 radical (unpaired) electrons. The van der Waals surface area contributed by atoms with Crippen LogP contribution in [-0.4, -0.2) is 17.7 Å². The molecule has 3 aromatic rings. The van der Waals surface area contributed by atoms with Crippen LogP contribution < -0.4 is 20.7 Å². The number of hydrogen-bond acceptors (Lipinski definition) is 4. The Labute approximate surface area is 173 Å². The van der Waals surface area contributed by atoms with E-state index in [1.54, 1.807) is 42.5 Å². The molecule has 3 amide bonds.